The van der Waals surface area contributed by atoms with E-state index < -0.39 is 0 Å². The average Bonchev–Trinajstić information content (AvgIpc) is 3.45. The number of halogens is 1. The van der Waals surface area contributed by atoms with E-state index in [0.29, 0.717) is 42.2 Å². The van der Waals surface area contributed by atoms with Gasteiger partial charge in [0.2, 0.25) is 11.7 Å². The van der Waals surface area contributed by atoms with Crippen LogP contribution < -0.4 is 19.5 Å². The van der Waals surface area contributed by atoms with E-state index in [9.17, 15) is 4.79 Å². The Morgan fingerprint density at radius 3 is 2.38 bits per heavy atom. The van der Waals surface area contributed by atoms with Crippen molar-refractivity contribution in [3.8, 4) is 17.2 Å². The molecule has 0 saturated carbocycles. The molecule has 2 atom stereocenters. The molecule has 2 aromatic rings. The van der Waals surface area contributed by atoms with Crippen molar-refractivity contribution in [3.63, 3.8) is 0 Å². The zero-order valence-electron chi connectivity index (χ0n) is 22.3. The molecule has 2 aromatic carbocycles. The van der Waals surface area contributed by atoms with E-state index in [0.717, 1.165) is 43.1 Å². The van der Waals surface area contributed by atoms with Crippen molar-refractivity contribution in [2.45, 2.75) is 51.2 Å². The summed E-state index contributed by atoms with van der Waals surface area (Å²) in [5.41, 5.74) is 2.15. The number of likely N-dealkylation sites (tertiary alicyclic amines) is 2. The van der Waals surface area contributed by atoms with Crippen LogP contribution in [0.4, 0.5) is 0 Å². The van der Waals surface area contributed by atoms with E-state index in [1.54, 1.807) is 21.3 Å². The van der Waals surface area contributed by atoms with Gasteiger partial charge in [0.15, 0.2) is 11.5 Å². The Kier molecular flexibility index (Phi) is 9.95. The lowest BCUT2D eigenvalue weighted by molar-refractivity contribution is -0.121. The lowest BCUT2D eigenvalue weighted by Gasteiger charge is -2.43. The molecular formula is C29H40ClN3O4. The number of piperidine rings is 1. The van der Waals surface area contributed by atoms with Crippen molar-refractivity contribution >= 4 is 17.5 Å². The van der Waals surface area contributed by atoms with Gasteiger partial charge in [0.05, 0.1) is 21.3 Å². The molecule has 4 rings (SSSR count). The van der Waals surface area contributed by atoms with Gasteiger partial charge in [-0.25, -0.2) is 0 Å². The minimum absolute atomic E-state index is 0.0703. The van der Waals surface area contributed by atoms with E-state index >= 15 is 0 Å². The van der Waals surface area contributed by atoms with E-state index in [-0.39, 0.29) is 5.91 Å². The molecule has 37 heavy (non-hydrogen) atoms. The summed E-state index contributed by atoms with van der Waals surface area (Å²) >= 11 is 6.22. The molecular weight excluding hydrogens is 490 g/mol. The van der Waals surface area contributed by atoms with Crippen molar-refractivity contribution in [3.05, 3.63) is 52.5 Å². The molecule has 2 heterocycles. The zero-order valence-corrected chi connectivity index (χ0v) is 23.1. The Hall–Kier alpha value is -2.48. The van der Waals surface area contributed by atoms with Gasteiger partial charge >= 0.3 is 0 Å². The van der Waals surface area contributed by atoms with E-state index in [4.69, 9.17) is 25.8 Å². The maximum atomic E-state index is 12.9. The Morgan fingerprint density at radius 2 is 1.73 bits per heavy atom. The lowest BCUT2D eigenvalue weighted by atomic mass is 9.86. The van der Waals surface area contributed by atoms with Crippen LogP contribution in [0.2, 0.25) is 5.02 Å². The number of carbonyl (C=O) groups is 1. The molecule has 2 aliphatic rings. The van der Waals surface area contributed by atoms with Crippen molar-refractivity contribution < 1.29 is 19.0 Å². The SMILES string of the molecule is COc1cc(CNC(=O)CC[C@H]2CN(Cc3cccc(Cl)c3)CC[C@H]2N2CCCC2)cc(OC)c1OC. The average molecular weight is 530 g/mol. The maximum absolute atomic E-state index is 12.9. The highest BCUT2D eigenvalue weighted by Crippen LogP contribution is 2.38. The molecule has 7 nitrogen and oxygen atoms in total. The smallest absolute Gasteiger partial charge is 0.220 e. The molecule has 0 radical (unpaired) electrons. The Morgan fingerprint density at radius 1 is 1.00 bits per heavy atom. The van der Waals surface area contributed by atoms with Gasteiger partial charge in [-0.1, -0.05) is 23.7 Å². The second-order valence-electron chi connectivity index (χ2n) is 10.1. The standard InChI is InChI=1S/C29H40ClN3O4/c1-35-26-16-22(17-27(36-2)29(26)37-3)18-31-28(34)10-9-23-20-32(19-21-7-6-8-24(30)15-21)14-11-25(23)33-12-4-5-13-33/h6-8,15-17,23,25H,4-5,9-14,18-20H2,1-3H3,(H,31,34)/t23-,25+/m0/s1. The van der Waals surface area contributed by atoms with E-state index in [1.165, 1.54) is 31.5 Å². The van der Waals surface area contributed by atoms with E-state index in [1.807, 2.05) is 24.3 Å². The highest BCUT2D eigenvalue weighted by Gasteiger charge is 2.34. The first-order valence-electron chi connectivity index (χ1n) is 13.3. The number of nitrogens with zero attached hydrogens (tertiary/aromatic N) is 2. The maximum Gasteiger partial charge on any atom is 0.220 e. The predicted octanol–water partition coefficient (Wildman–Crippen LogP) is 4.75. The summed E-state index contributed by atoms with van der Waals surface area (Å²) < 4.78 is 16.3. The van der Waals surface area contributed by atoms with Crippen LogP contribution in [-0.4, -0.2) is 69.3 Å². The van der Waals surface area contributed by atoms with Crippen LogP contribution in [0.3, 0.4) is 0 Å². The Bertz CT molecular complexity index is 1020. The topological polar surface area (TPSA) is 63.3 Å². The number of nitrogens with one attached hydrogen (secondary N) is 1. The predicted molar refractivity (Wildman–Crippen MR) is 147 cm³/mol. The molecule has 1 N–H and O–H groups in total. The van der Waals surface area contributed by atoms with Gasteiger partial charge < -0.3 is 24.4 Å². The minimum atomic E-state index is 0.0703. The number of methoxy groups -OCH3 is 3. The number of rotatable bonds is 11. The normalized spacial score (nSPS) is 20.5. The minimum Gasteiger partial charge on any atom is -0.493 e. The number of benzene rings is 2. The molecule has 0 aliphatic carbocycles. The van der Waals surface area contributed by atoms with Crippen LogP contribution in [0.15, 0.2) is 36.4 Å². The number of amides is 1. The molecule has 8 heteroatoms. The first kappa shape index (κ1) is 27.6. The molecule has 202 valence electrons. The van der Waals surface area contributed by atoms with E-state index in [2.05, 4.69) is 27.2 Å². The van der Waals surface area contributed by atoms with Crippen molar-refractivity contribution in [1.29, 1.82) is 0 Å². The van der Waals surface area contributed by atoms with Crippen LogP contribution in [0.25, 0.3) is 0 Å². The highest BCUT2D eigenvalue weighted by atomic mass is 35.5. The Labute approximate surface area is 226 Å². The highest BCUT2D eigenvalue weighted by molar-refractivity contribution is 6.30. The fourth-order valence-corrected chi connectivity index (χ4v) is 6.03. The first-order valence-corrected chi connectivity index (χ1v) is 13.6. The summed E-state index contributed by atoms with van der Waals surface area (Å²) in [6, 6.07) is 12.4. The Balaban J connectivity index is 1.35. The summed E-state index contributed by atoms with van der Waals surface area (Å²) in [7, 11) is 4.77. The molecule has 0 spiro atoms. The first-order chi connectivity index (χ1) is 18.0. The van der Waals surface area contributed by atoms with Crippen molar-refractivity contribution in [1.82, 2.24) is 15.1 Å². The van der Waals surface area contributed by atoms with Crippen molar-refractivity contribution in [2.75, 3.05) is 47.5 Å². The monoisotopic (exact) mass is 529 g/mol. The molecule has 0 unspecified atom stereocenters. The van der Waals surface area contributed by atoms with Gasteiger partial charge in [-0.15, -0.1) is 0 Å². The van der Waals surface area contributed by atoms with Crippen LogP contribution in [0, 0.1) is 5.92 Å². The summed E-state index contributed by atoms with van der Waals surface area (Å²) in [4.78, 5) is 18.1. The summed E-state index contributed by atoms with van der Waals surface area (Å²) in [6.45, 7) is 5.77. The third kappa shape index (κ3) is 7.30. The van der Waals surface area contributed by atoms with Crippen LogP contribution in [0.5, 0.6) is 17.2 Å². The second kappa shape index (κ2) is 13.4. The molecule has 0 aromatic heterocycles. The molecule has 2 saturated heterocycles. The largest absolute Gasteiger partial charge is 0.493 e. The second-order valence-corrected chi connectivity index (χ2v) is 10.5. The lowest BCUT2D eigenvalue weighted by Crippen LogP contribution is -2.50. The molecule has 1 amide bonds. The zero-order chi connectivity index (χ0) is 26.2. The van der Waals surface area contributed by atoms with Gasteiger partial charge in [-0.3, -0.25) is 9.69 Å². The van der Waals surface area contributed by atoms with Gasteiger partial charge in [0.25, 0.3) is 0 Å². The number of hydrogen-bond donors (Lipinski definition) is 1. The van der Waals surface area contributed by atoms with Crippen LogP contribution in [-0.2, 0) is 17.9 Å². The molecule has 2 fully saturated rings. The third-order valence-corrected chi connectivity index (χ3v) is 7.87. The van der Waals surface area contributed by atoms with Crippen LogP contribution in [0.1, 0.15) is 43.2 Å². The summed E-state index contributed by atoms with van der Waals surface area (Å²) in [5.74, 6) is 2.26. The fraction of sp³-hybridized carbons (Fsp3) is 0.552. The number of ether oxygens (including phenoxy) is 3. The van der Waals surface area contributed by atoms with Gasteiger partial charge in [-0.05, 0) is 86.6 Å². The quantitative estimate of drug-likeness (QED) is 0.453. The van der Waals surface area contributed by atoms with Gasteiger partial charge in [0.1, 0.15) is 0 Å². The number of hydrogen-bond acceptors (Lipinski definition) is 6. The third-order valence-electron chi connectivity index (χ3n) is 7.64. The molecule has 2 aliphatic heterocycles. The fourth-order valence-electron chi connectivity index (χ4n) is 5.81. The summed E-state index contributed by atoms with van der Waals surface area (Å²) in [6.07, 6.45) is 5.12. The van der Waals surface area contributed by atoms with Crippen LogP contribution >= 0.6 is 11.6 Å². The van der Waals surface area contributed by atoms with Gasteiger partial charge in [-0.2, -0.15) is 0 Å². The van der Waals surface area contributed by atoms with Crippen molar-refractivity contribution in [2.24, 2.45) is 5.92 Å². The molecule has 0 bridgehead atoms. The summed E-state index contributed by atoms with van der Waals surface area (Å²) in [5, 5.41) is 3.87. The van der Waals surface area contributed by atoms with Gasteiger partial charge in [0, 0.05) is 37.1 Å². The number of carbonyl (C=O) groups excluding carboxylic acids is 1.